The van der Waals surface area contributed by atoms with E-state index in [-0.39, 0.29) is 30.3 Å². The van der Waals surface area contributed by atoms with Gasteiger partial charge in [0.2, 0.25) is 0 Å². The van der Waals surface area contributed by atoms with E-state index in [0.717, 1.165) is 18.6 Å². The molecular formula is C10H17Cl2N3O. The molecule has 0 radical (unpaired) electrons. The van der Waals surface area contributed by atoms with Crippen LogP contribution in [-0.2, 0) is 6.54 Å². The molecule has 3 N–H and O–H groups in total. The summed E-state index contributed by atoms with van der Waals surface area (Å²) in [4.78, 5) is 4.31. The van der Waals surface area contributed by atoms with Crippen molar-refractivity contribution in [1.29, 1.82) is 0 Å². The van der Waals surface area contributed by atoms with Crippen LogP contribution in [-0.4, -0.2) is 28.6 Å². The minimum atomic E-state index is 0. The highest BCUT2D eigenvalue weighted by atomic mass is 35.5. The Kier molecular flexibility index (Phi) is 9.18. The highest BCUT2D eigenvalue weighted by molar-refractivity contribution is 5.85. The van der Waals surface area contributed by atoms with Gasteiger partial charge in [0.25, 0.3) is 0 Å². The molecule has 1 aromatic heterocycles. The van der Waals surface area contributed by atoms with Gasteiger partial charge in [-0.2, -0.15) is 0 Å². The van der Waals surface area contributed by atoms with Crippen LogP contribution in [0.25, 0.3) is 11.0 Å². The van der Waals surface area contributed by atoms with Crippen LogP contribution in [0, 0.1) is 0 Å². The molecule has 0 aliphatic rings. The lowest BCUT2D eigenvalue weighted by Gasteiger charge is -2.02. The average Bonchev–Trinajstić information content (AvgIpc) is 2.58. The highest BCUT2D eigenvalue weighted by Gasteiger charge is 1.98. The van der Waals surface area contributed by atoms with Crippen LogP contribution in [0.2, 0.25) is 0 Å². The number of nitrogens with one attached hydrogen (secondary N) is 1. The maximum atomic E-state index is 4.31. The van der Waals surface area contributed by atoms with Gasteiger partial charge in [0.15, 0.2) is 0 Å². The Morgan fingerprint density at radius 3 is 2.62 bits per heavy atom. The number of nitrogens with zero attached hydrogens (tertiary/aromatic N) is 2. The van der Waals surface area contributed by atoms with Gasteiger partial charge >= 0.3 is 0 Å². The lowest BCUT2D eigenvalue weighted by molar-refractivity contribution is 0.658. The van der Waals surface area contributed by atoms with Gasteiger partial charge in [0.05, 0.1) is 17.4 Å². The molecule has 4 nitrogen and oxygen atoms in total. The van der Waals surface area contributed by atoms with E-state index in [4.69, 9.17) is 0 Å². The molecular weight excluding hydrogens is 249 g/mol. The quantitative estimate of drug-likeness (QED) is 0.909. The average molecular weight is 266 g/mol. The van der Waals surface area contributed by atoms with E-state index >= 15 is 0 Å². The molecule has 2 aromatic rings. The van der Waals surface area contributed by atoms with Gasteiger partial charge in [0.1, 0.15) is 0 Å². The highest BCUT2D eigenvalue weighted by Crippen LogP contribution is 2.10. The zero-order valence-corrected chi connectivity index (χ0v) is 10.6. The van der Waals surface area contributed by atoms with E-state index in [1.807, 2.05) is 31.6 Å². The van der Waals surface area contributed by atoms with Crippen molar-refractivity contribution in [2.45, 2.75) is 6.54 Å². The maximum Gasteiger partial charge on any atom is 0.0958 e. The molecule has 0 amide bonds. The van der Waals surface area contributed by atoms with Crippen LogP contribution >= 0.6 is 24.8 Å². The number of hydrogen-bond donors (Lipinski definition) is 1. The maximum absolute atomic E-state index is 4.31. The topological polar surface area (TPSA) is 61.4 Å². The van der Waals surface area contributed by atoms with E-state index in [0.29, 0.717) is 0 Å². The van der Waals surface area contributed by atoms with Crippen molar-refractivity contribution < 1.29 is 5.48 Å². The second-order valence-electron chi connectivity index (χ2n) is 3.03. The Morgan fingerprint density at radius 2 is 1.94 bits per heavy atom. The SMILES string of the molecule is CNCCn1cnc2ccccc21.Cl.Cl.O. The van der Waals surface area contributed by atoms with Crippen LogP contribution in [0.5, 0.6) is 0 Å². The van der Waals surface area contributed by atoms with Gasteiger partial charge in [-0.25, -0.2) is 4.98 Å². The molecule has 0 saturated carbocycles. The fourth-order valence-electron chi connectivity index (χ4n) is 1.42. The summed E-state index contributed by atoms with van der Waals surface area (Å²) in [5.41, 5.74) is 2.27. The lowest BCUT2D eigenvalue weighted by Crippen LogP contribution is -2.14. The number of fused-ring (bicyclic) bond motifs is 1. The first-order valence-corrected chi connectivity index (χ1v) is 4.46. The molecule has 0 atom stereocenters. The molecule has 1 aromatic carbocycles. The molecule has 0 saturated heterocycles. The Bertz CT molecular complexity index is 406. The first-order chi connectivity index (χ1) is 6.42. The Balaban J connectivity index is 0. The van der Waals surface area contributed by atoms with Crippen molar-refractivity contribution in [3.8, 4) is 0 Å². The fraction of sp³-hybridized carbons (Fsp3) is 0.300. The summed E-state index contributed by atoms with van der Waals surface area (Å²) in [6, 6.07) is 8.18. The second-order valence-corrected chi connectivity index (χ2v) is 3.03. The van der Waals surface area contributed by atoms with Gasteiger partial charge in [-0.3, -0.25) is 0 Å². The molecule has 0 spiro atoms. The molecule has 0 aliphatic heterocycles. The number of imidazole rings is 1. The summed E-state index contributed by atoms with van der Waals surface area (Å²) < 4.78 is 2.16. The number of aromatic nitrogens is 2. The smallest absolute Gasteiger partial charge is 0.0958 e. The standard InChI is InChI=1S/C10H13N3.2ClH.H2O/c1-11-6-7-13-8-12-9-4-2-3-5-10(9)13;;;/h2-5,8,11H,6-7H2,1H3;2*1H;1H2. The van der Waals surface area contributed by atoms with Crippen LogP contribution in [0.3, 0.4) is 0 Å². The number of hydrogen-bond acceptors (Lipinski definition) is 2. The van der Waals surface area contributed by atoms with Gasteiger partial charge in [-0.1, -0.05) is 12.1 Å². The molecule has 16 heavy (non-hydrogen) atoms. The molecule has 92 valence electrons. The van der Waals surface area contributed by atoms with E-state index in [1.165, 1.54) is 5.52 Å². The minimum Gasteiger partial charge on any atom is -0.412 e. The van der Waals surface area contributed by atoms with Gasteiger partial charge in [-0.15, -0.1) is 24.8 Å². The predicted octanol–water partition coefficient (Wildman–Crippen LogP) is 1.27. The molecule has 2 rings (SSSR count). The van der Waals surface area contributed by atoms with Crippen molar-refractivity contribution in [2.75, 3.05) is 13.6 Å². The van der Waals surface area contributed by atoms with Gasteiger partial charge < -0.3 is 15.4 Å². The fourth-order valence-corrected chi connectivity index (χ4v) is 1.42. The number of likely N-dealkylation sites (N-methyl/N-ethyl adjacent to an activating group) is 1. The van der Waals surface area contributed by atoms with Gasteiger partial charge in [-0.05, 0) is 19.2 Å². The third-order valence-electron chi connectivity index (χ3n) is 2.13. The van der Waals surface area contributed by atoms with Crippen molar-refractivity contribution >= 4 is 35.8 Å². The molecule has 1 heterocycles. The summed E-state index contributed by atoms with van der Waals surface area (Å²) in [5, 5.41) is 3.12. The first-order valence-electron chi connectivity index (χ1n) is 4.46. The Morgan fingerprint density at radius 1 is 1.25 bits per heavy atom. The zero-order chi connectivity index (χ0) is 9.10. The number of benzene rings is 1. The van der Waals surface area contributed by atoms with Crippen molar-refractivity contribution in [2.24, 2.45) is 0 Å². The molecule has 0 bridgehead atoms. The number of rotatable bonds is 3. The summed E-state index contributed by atoms with van der Waals surface area (Å²) in [5.74, 6) is 0. The van der Waals surface area contributed by atoms with Crippen LogP contribution in [0.1, 0.15) is 0 Å². The predicted molar refractivity (Wildman–Crippen MR) is 71.8 cm³/mol. The largest absolute Gasteiger partial charge is 0.412 e. The van der Waals surface area contributed by atoms with E-state index < -0.39 is 0 Å². The summed E-state index contributed by atoms with van der Waals surface area (Å²) in [6.07, 6.45) is 1.89. The van der Waals surface area contributed by atoms with Crippen LogP contribution in [0.15, 0.2) is 30.6 Å². The minimum absolute atomic E-state index is 0. The lowest BCUT2D eigenvalue weighted by atomic mass is 10.3. The number of para-hydroxylation sites is 2. The first kappa shape index (κ1) is 17.6. The summed E-state index contributed by atoms with van der Waals surface area (Å²) in [6.45, 7) is 1.94. The van der Waals surface area contributed by atoms with Crippen LogP contribution < -0.4 is 5.32 Å². The van der Waals surface area contributed by atoms with Gasteiger partial charge in [0, 0.05) is 13.1 Å². The molecule has 0 fully saturated rings. The Labute approximate surface area is 107 Å². The van der Waals surface area contributed by atoms with Crippen LogP contribution in [0.4, 0.5) is 0 Å². The summed E-state index contributed by atoms with van der Waals surface area (Å²) >= 11 is 0. The normalized spacial score (nSPS) is 8.81. The third kappa shape index (κ3) is 3.64. The molecule has 6 heteroatoms. The second kappa shape index (κ2) is 8.35. The number of halogens is 2. The van der Waals surface area contributed by atoms with Crippen molar-refractivity contribution in [1.82, 2.24) is 14.9 Å². The monoisotopic (exact) mass is 265 g/mol. The van der Waals surface area contributed by atoms with E-state index in [9.17, 15) is 0 Å². The zero-order valence-electron chi connectivity index (χ0n) is 9.01. The Hall–Kier alpha value is -0.810. The third-order valence-corrected chi connectivity index (χ3v) is 2.13. The molecule has 0 unspecified atom stereocenters. The molecule has 0 aliphatic carbocycles. The van der Waals surface area contributed by atoms with E-state index in [2.05, 4.69) is 20.9 Å². The summed E-state index contributed by atoms with van der Waals surface area (Å²) in [7, 11) is 1.96. The van der Waals surface area contributed by atoms with Crippen molar-refractivity contribution in [3.05, 3.63) is 30.6 Å². The van der Waals surface area contributed by atoms with Crippen molar-refractivity contribution in [3.63, 3.8) is 0 Å². The van der Waals surface area contributed by atoms with E-state index in [1.54, 1.807) is 0 Å².